The van der Waals surface area contributed by atoms with E-state index in [0.717, 1.165) is 5.56 Å². The third-order valence-electron chi connectivity index (χ3n) is 5.21. The molecule has 9 heteroatoms. The molecule has 4 rings (SSSR count). The van der Waals surface area contributed by atoms with Crippen LogP contribution in [0.4, 0.5) is 5.69 Å². The second kappa shape index (κ2) is 9.80. The van der Waals surface area contributed by atoms with E-state index >= 15 is 0 Å². The van der Waals surface area contributed by atoms with E-state index in [-0.39, 0.29) is 17.9 Å². The number of fused-ring (bicyclic) bond motifs is 1. The average Bonchev–Trinajstić information content (AvgIpc) is 3.12. The van der Waals surface area contributed by atoms with Gasteiger partial charge in [-0.1, -0.05) is 66.0 Å². The second-order valence-electron chi connectivity index (χ2n) is 7.47. The molecule has 0 radical (unpaired) electrons. The molecule has 0 saturated carbocycles. The Morgan fingerprint density at radius 2 is 1.94 bits per heavy atom. The molecule has 1 aliphatic rings. The average molecular weight is 476 g/mol. The molecule has 0 spiro atoms. The number of nitrogens with zero attached hydrogens (tertiary/aromatic N) is 3. The fraction of sp³-hybridized carbons (Fsp3) is 0.160. The lowest BCUT2D eigenvalue weighted by molar-refractivity contribution is -0.384. The van der Waals surface area contributed by atoms with Gasteiger partial charge in [0, 0.05) is 12.1 Å². The van der Waals surface area contributed by atoms with Gasteiger partial charge in [0.25, 0.3) is 11.2 Å². The van der Waals surface area contributed by atoms with Crippen molar-refractivity contribution in [1.82, 2.24) is 4.57 Å². The van der Waals surface area contributed by atoms with Crippen molar-refractivity contribution in [3.8, 4) is 0 Å². The third-order valence-corrected chi connectivity index (χ3v) is 6.19. The van der Waals surface area contributed by atoms with Crippen LogP contribution >= 0.6 is 11.3 Å². The molecule has 1 aromatic heterocycles. The molecule has 0 N–H and O–H groups in total. The molecule has 3 aromatic rings. The summed E-state index contributed by atoms with van der Waals surface area (Å²) in [5.41, 5.74) is 1.81. The molecule has 2 heterocycles. The number of esters is 1. The van der Waals surface area contributed by atoms with Crippen molar-refractivity contribution in [1.29, 1.82) is 0 Å². The predicted octanol–water partition coefficient (Wildman–Crippen LogP) is 3.37. The molecule has 8 nitrogen and oxygen atoms in total. The zero-order valence-electron chi connectivity index (χ0n) is 18.5. The van der Waals surface area contributed by atoms with Gasteiger partial charge in [-0.15, -0.1) is 0 Å². The van der Waals surface area contributed by atoms with Crippen molar-refractivity contribution in [2.45, 2.75) is 19.9 Å². The highest BCUT2D eigenvalue weighted by Crippen LogP contribution is 2.26. The number of nitro groups is 1. The zero-order chi connectivity index (χ0) is 24.2. The smallest absolute Gasteiger partial charge is 0.338 e. The molecule has 34 heavy (non-hydrogen) atoms. The van der Waals surface area contributed by atoms with E-state index in [0.29, 0.717) is 26.2 Å². The van der Waals surface area contributed by atoms with Crippen molar-refractivity contribution in [2.75, 3.05) is 6.61 Å². The summed E-state index contributed by atoms with van der Waals surface area (Å²) < 4.78 is 7.07. The minimum Gasteiger partial charge on any atom is -0.463 e. The van der Waals surface area contributed by atoms with Crippen molar-refractivity contribution in [3.05, 3.63) is 113 Å². The van der Waals surface area contributed by atoms with Crippen LogP contribution in [0, 0.1) is 10.1 Å². The van der Waals surface area contributed by atoms with Gasteiger partial charge >= 0.3 is 5.97 Å². The van der Waals surface area contributed by atoms with Crippen LogP contribution in [0.3, 0.4) is 0 Å². The summed E-state index contributed by atoms with van der Waals surface area (Å²) in [5.74, 6) is -0.528. The Labute approximate surface area is 198 Å². The van der Waals surface area contributed by atoms with Crippen LogP contribution < -0.4 is 14.9 Å². The highest BCUT2D eigenvalue weighted by molar-refractivity contribution is 7.07. The second-order valence-corrected chi connectivity index (χ2v) is 8.48. The van der Waals surface area contributed by atoms with Gasteiger partial charge in [0.1, 0.15) is 0 Å². The minimum absolute atomic E-state index is 0.0642. The summed E-state index contributed by atoms with van der Waals surface area (Å²) in [6.45, 7) is 3.63. The van der Waals surface area contributed by atoms with Crippen LogP contribution in [0.2, 0.25) is 0 Å². The van der Waals surface area contributed by atoms with Gasteiger partial charge in [-0.3, -0.25) is 19.5 Å². The third kappa shape index (κ3) is 4.65. The molecule has 0 amide bonds. The number of thiazole rings is 1. The van der Waals surface area contributed by atoms with E-state index < -0.39 is 16.9 Å². The van der Waals surface area contributed by atoms with Crippen LogP contribution in [0.15, 0.2) is 81.7 Å². The van der Waals surface area contributed by atoms with Crippen molar-refractivity contribution >= 4 is 35.1 Å². The van der Waals surface area contributed by atoms with Crippen LogP contribution in [-0.4, -0.2) is 22.1 Å². The molecular weight excluding hydrogens is 454 g/mol. The van der Waals surface area contributed by atoms with Crippen LogP contribution in [-0.2, 0) is 9.53 Å². The molecule has 0 fully saturated rings. The van der Waals surface area contributed by atoms with E-state index in [2.05, 4.69) is 4.99 Å². The Bertz CT molecular complexity index is 1500. The van der Waals surface area contributed by atoms with Gasteiger partial charge in [0.2, 0.25) is 0 Å². The monoisotopic (exact) mass is 475 g/mol. The number of nitro benzene ring substituents is 1. The summed E-state index contributed by atoms with van der Waals surface area (Å²) in [5, 5.41) is 11.1. The van der Waals surface area contributed by atoms with Gasteiger partial charge < -0.3 is 4.74 Å². The maximum atomic E-state index is 13.4. The first-order valence-electron chi connectivity index (χ1n) is 10.6. The molecule has 0 saturated heterocycles. The first-order valence-corrected chi connectivity index (χ1v) is 11.4. The van der Waals surface area contributed by atoms with E-state index in [4.69, 9.17) is 4.74 Å². The van der Waals surface area contributed by atoms with Crippen LogP contribution in [0.1, 0.15) is 31.0 Å². The molecular formula is C25H21N3O5S. The molecule has 1 aliphatic heterocycles. The highest BCUT2D eigenvalue weighted by Gasteiger charge is 2.30. The summed E-state index contributed by atoms with van der Waals surface area (Å²) in [4.78, 5) is 41.8. The molecule has 2 aromatic carbocycles. The number of carbonyl (C=O) groups is 1. The number of ether oxygens (including phenoxy) is 1. The number of carbonyl (C=O) groups excluding carboxylic acids is 1. The highest BCUT2D eigenvalue weighted by atomic mass is 32.1. The van der Waals surface area contributed by atoms with Gasteiger partial charge in [-0.25, -0.2) is 9.79 Å². The predicted molar refractivity (Wildman–Crippen MR) is 130 cm³/mol. The number of allylic oxidation sites excluding steroid dienone is 2. The Morgan fingerprint density at radius 3 is 2.65 bits per heavy atom. The van der Waals surface area contributed by atoms with E-state index in [1.54, 1.807) is 38.1 Å². The molecule has 1 atom stereocenters. The number of hydrogen-bond donors (Lipinski definition) is 0. The topological polar surface area (TPSA) is 104 Å². The van der Waals surface area contributed by atoms with E-state index in [1.807, 2.05) is 36.4 Å². The Kier molecular flexibility index (Phi) is 6.65. The lowest BCUT2D eigenvalue weighted by Gasteiger charge is -2.21. The number of benzene rings is 2. The molecule has 0 bridgehead atoms. The van der Waals surface area contributed by atoms with Crippen molar-refractivity contribution < 1.29 is 14.5 Å². The Hall–Kier alpha value is -4.11. The first-order chi connectivity index (χ1) is 16.4. The summed E-state index contributed by atoms with van der Waals surface area (Å²) in [7, 11) is 0. The van der Waals surface area contributed by atoms with E-state index in [9.17, 15) is 19.7 Å². The van der Waals surface area contributed by atoms with Gasteiger partial charge in [-0.05, 0) is 31.1 Å². The fourth-order valence-corrected chi connectivity index (χ4v) is 4.72. The maximum Gasteiger partial charge on any atom is 0.338 e. The molecule has 0 aliphatic carbocycles. The lowest BCUT2D eigenvalue weighted by atomic mass is 10.0. The molecule has 1 unspecified atom stereocenters. The molecule has 172 valence electrons. The van der Waals surface area contributed by atoms with Gasteiger partial charge in [-0.2, -0.15) is 0 Å². The number of non-ortho nitro benzene ring substituents is 1. The van der Waals surface area contributed by atoms with Crippen LogP contribution in [0.25, 0.3) is 12.2 Å². The maximum absolute atomic E-state index is 13.4. The van der Waals surface area contributed by atoms with Gasteiger partial charge in [0.05, 0.1) is 33.4 Å². The largest absolute Gasteiger partial charge is 0.463 e. The van der Waals surface area contributed by atoms with E-state index in [1.165, 1.54) is 28.0 Å². The number of hydrogen-bond acceptors (Lipinski definition) is 7. The van der Waals surface area contributed by atoms with Crippen LogP contribution in [0.5, 0.6) is 0 Å². The first kappa shape index (κ1) is 23.1. The standard InChI is InChI=1S/C25H21N3O5S/c1-3-33-24(30)22-16(2)26-25-27(20(22)13-12-17-8-5-4-6-9-17)23(29)21(34-25)15-18-10-7-11-19(14-18)28(31)32/h4-15,20H,3H2,1-2H3/b13-12+,21-15-. The quantitative estimate of drug-likeness (QED) is 0.309. The minimum atomic E-state index is -0.706. The normalized spacial score (nSPS) is 15.8. The Morgan fingerprint density at radius 1 is 1.21 bits per heavy atom. The number of rotatable bonds is 6. The fourth-order valence-electron chi connectivity index (χ4n) is 3.66. The zero-order valence-corrected chi connectivity index (χ0v) is 19.3. The summed E-state index contributed by atoms with van der Waals surface area (Å²) in [6, 6.07) is 14.9. The number of aromatic nitrogens is 1. The van der Waals surface area contributed by atoms with Crippen molar-refractivity contribution in [3.63, 3.8) is 0 Å². The summed E-state index contributed by atoms with van der Waals surface area (Å²) in [6.07, 6.45) is 5.23. The van der Waals surface area contributed by atoms with Crippen molar-refractivity contribution in [2.24, 2.45) is 4.99 Å². The summed E-state index contributed by atoms with van der Waals surface area (Å²) >= 11 is 1.17. The van der Waals surface area contributed by atoms with Gasteiger partial charge in [0.15, 0.2) is 4.80 Å². The lowest BCUT2D eigenvalue weighted by Crippen LogP contribution is -2.38. The SMILES string of the molecule is CCOC(=O)C1=C(C)N=c2s/c(=C\c3cccc([N+](=O)[O-])c3)c(=O)n2C1/C=C/c1ccccc1. The Balaban J connectivity index is 1.87.